The highest BCUT2D eigenvalue weighted by Gasteiger charge is 2.15. The van der Waals surface area contributed by atoms with Crippen molar-refractivity contribution in [2.24, 2.45) is 0 Å². The Hall–Kier alpha value is -2.34. The van der Waals surface area contributed by atoms with Crippen LogP contribution in [0.3, 0.4) is 0 Å². The van der Waals surface area contributed by atoms with Crippen LogP contribution in [0.2, 0.25) is 0 Å². The number of aryl methyl sites for hydroxylation is 1. The summed E-state index contributed by atoms with van der Waals surface area (Å²) in [6.45, 7) is 4.02. The van der Waals surface area contributed by atoms with Crippen molar-refractivity contribution in [1.29, 1.82) is 0 Å². The van der Waals surface area contributed by atoms with E-state index in [1.165, 1.54) is 12.6 Å². The third-order valence-corrected chi connectivity index (χ3v) is 5.41. The molecule has 0 unspecified atom stereocenters. The summed E-state index contributed by atoms with van der Waals surface area (Å²) in [4.78, 5) is 12.5. The summed E-state index contributed by atoms with van der Waals surface area (Å²) < 4.78 is 24.5. The first-order chi connectivity index (χ1) is 11.7. The predicted molar refractivity (Wildman–Crippen MR) is 101 cm³/mol. The van der Waals surface area contributed by atoms with Crippen molar-refractivity contribution in [3.63, 3.8) is 0 Å². The van der Waals surface area contributed by atoms with Gasteiger partial charge in [-0.3, -0.25) is 9.10 Å². The number of hydrogen-bond acceptors (Lipinski definition) is 3. The SMILES string of the molecule is CCc1ccc([C@H](C)NC(=O)c2cccc(N(C)S(C)(=O)=O)c2)cc1. The minimum Gasteiger partial charge on any atom is -0.346 e. The molecule has 0 aliphatic rings. The fourth-order valence-corrected chi connectivity index (χ4v) is 2.94. The number of anilines is 1. The molecule has 6 heteroatoms. The second kappa shape index (κ2) is 7.70. The van der Waals surface area contributed by atoms with Crippen LogP contribution in [0.5, 0.6) is 0 Å². The van der Waals surface area contributed by atoms with Crippen LogP contribution >= 0.6 is 0 Å². The fourth-order valence-electron chi connectivity index (χ4n) is 2.44. The standard InChI is InChI=1S/C19H24N2O3S/c1-5-15-9-11-16(12-10-15)14(2)20-19(22)17-7-6-8-18(13-17)21(3)25(4,23)24/h6-14H,5H2,1-4H3,(H,20,22)/t14-/m0/s1. The van der Waals surface area contributed by atoms with Gasteiger partial charge in [-0.1, -0.05) is 37.3 Å². The largest absolute Gasteiger partial charge is 0.346 e. The van der Waals surface area contributed by atoms with Gasteiger partial charge in [-0.05, 0) is 42.7 Å². The minimum absolute atomic E-state index is 0.144. The first kappa shape index (κ1) is 19.0. The van der Waals surface area contributed by atoms with E-state index in [2.05, 4.69) is 24.4 Å². The average molecular weight is 360 g/mol. The van der Waals surface area contributed by atoms with Crippen molar-refractivity contribution < 1.29 is 13.2 Å². The lowest BCUT2D eigenvalue weighted by Crippen LogP contribution is -2.28. The summed E-state index contributed by atoms with van der Waals surface area (Å²) in [5.74, 6) is -0.240. The normalized spacial score (nSPS) is 12.5. The zero-order valence-electron chi connectivity index (χ0n) is 15.0. The number of benzene rings is 2. The van der Waals surface area contributed by atoms with Gasteiger partial charge in [0.2, 0.25) is 10.0 Å². The Balaban J connectivity index is 2.14. The summed E-state index contributed by atoms with van der Waals surface area (Å²) in [6.07, 6.45) is 2.10. The molecule has 2 aromatic rings. The van der Waals surface area contributed by atoms with Gasteiger partial charge in [0.05, 0.1) is 18.0 Å². The molecule has 0 bridgehead atoms. The number of amides is 1. The maximum Gasteiger partial charge on any atom is 0.251 e. The molecule has 0 aliphatic carbocycles. The summed E-state index contributed by atoms with van der Waals surface area (Å²) in [5, 5.41) is 2.95. The topological polar surface area (TPSA) is 66.5 Å². The molecule has 0 saturated carbocycles. The van der Waals surface area contributed by atoms with E-state index in [0.717, 1.165) is 22.5 Å². The maximum atomic E-state index is 12.5. The molecule has 5 nitrogen and oxygen atoms in total. The molecule has 25 heavy (non-hydrogen) atoms. The second-order valence-electron chi connectivity index (χ2n) is 6.07. The van der Waals surface area contributed by atoms with E-state index >= 15 is 0 Å². The van der Waals surface area contributed by atoms with Crippen LogP contribution in [-0.4, -0.2) is 27.6 Å². The molecule has 2 rings (SSSR count). The van der Waals surface area contributed by atoms with Gasteiger partial charge in [0.15, 0.2) is 0 Å². The van der Waals surface area contributed by atoms with Crippen LogP contribution in [-0.2, 0) is 16.4 Å². The van der Waals surface area contributed by atoms with Crippen molar-refractivity contribution in [3.8, 4) is 0 Å². The first-order valence-electron chi connectivity index (χ1n) is 8.16. The molecule has 0 fully saturated rings. The highest BCUT2D eigenvalue weighted by Crippen LogP contribution is 2.19. The summed E-state index contributed by atoms with van der Waals surface area (Å²) >= 11 is 0. The Morgan fingerprint density at radius 2 is 1.80 bits per heavy atom. The van der Waals surface area contributed by atoms with Crippen molar-refractivity contribution in [1.82, 2.24) is 5.32 Å². The lowest BCUT2D eigenvalue weighted by Gasteiger charge is -2.18. The van der Waals surface area contributed by atoms with E-state index in [1.807, 2.05) is 19.1 Å². The zero-order chi connectivity index (χ0) is 18.6. The molecule has 0 radical (unpaired) electrons. The van der Waals surface area contributed by atoms with E-state index in [1.54, 1.807) is 24.3 Å². The molecule has 134 valence electrons. The molecule has 0 spiro atoms. The molecule has 2 aromatic carbocycles. The van der Waals surface area contributed by atoms with Crippen LogP contribution < -0.4 is 9.62 Å². The lowest BCUT2D eigenvalue weighted by molar-refractivity contribution is 0.0940. The molecule has 1 atom stereocenters. The summed E-state index contributed by atoms with van der Waals surface area (Å²) in [5.41, 5.74) is 3.15. The number of carbonyl (C=O) groups is 1. The van der Waals surface area contributed by atoms with E-state index in [4.69, 9.17) is 0 Å². The Morgan fingerprint density at radius 1 is 1.16 bits per heavy atom. The second-order valence-corrected chi connectivity index (χ2v) is 8.08. The third kappa shape index (κ3) is 4.82. The summed E-state index contributed by atoms with van der Waals surface area (Å²) in [6, 6.07) is 14.6. The van der Waals surface area contributed by atoms with Crippen molar-refractivity contribution in [2.75, 3.05) is 17.6 Å². The molecule has 1 amide bonds. The van der Waals surface area contributed by atoms with Gasteiger partial charge in [0, 0.05) is 12.6 Å². The number of rotatable bonds is 6. The Morgan fingerprint density at radius 3 is 2.36 bits per heavy atom. The van der Waals surface area contributed by atoms with Gasteiger partial charge in [-0.25, -0.2) is 8.42 Å². The zero-order valence-corrected chi connectivity index (χ0v) is 15.8. The van der Waals surface area contributed by atoms with Crippen LogP contribution in [0.15, 0.2) is 48.5 Å². The third-order valence-electron chi connectivity index (χ3n) is 4.20. The molecule has 0 aromatic heterocycles. The molecule has 1 N–H and O–H groups in total. The predicted octanol–water partition coefficient (Wildman–Crippen LogP) is 3.14. The molecule has 0 heterocycles. The number of hydrogen-bond donors (Lipinski definition) is 1. The minimum atomic E-state index is -3.37. The van der Waals surface area contributed by atoms with E-state index in [-0.39, 0.29) is 11.9 Å². The Kier molecular flexibility index (Phi) is 5.85. The highest BCUT2D eigenvalue weighted by molar-refractivity contribution is 7.92. The van der Waals surface area contributed by atoms with Gasteiger partial charge < -0.3 is 5.32 Å². The van der Waals surface area contributed by atoms with Gasteiger partial charge in [-0.2, -0.15) is 0 Å². The van der Waals surface area contributed by atoms with Crippen molar-refractivity contribution in [2.45, 2.75) is 26.3 Å². The number of carbonyl (C=O) groups excluding carboxylic acids is 1. The van der Waals surface area contributed by atoms with Crippen LogP contribution in [0, 0.1) is 0 Å². The molecule has 0 saturated heterocycles. The van der Waals surface area contributed by atoms with Crippen LogP contribution in [0.4, 0.5) is 5.69 Å². The van der Waals surface area contributed by atoms with Crippen LogP contribution in [0.1, 0.15) is 41.4 Å². The van der Waals surface area contributed by atoms with Gasteiger partial charge in [0.1, 0.15) is 0 Å². The van der Waals surface area contributed by atoms with E-state index in [9.17, 15) is 13.2 Å². The molecular weight excluding hydrogens is 336 g/mol. The fraction of sp³-hybridized carbons (Fsp3) is 0.316. The number of sulfonamides is 1. The van der Waals surface area contributed by atoms with E-state index < -0.39 is 10.0 Å². The average Bonchev–Trinajstić information content (AvgIpc) is 2.60. The maximum absolute atomic E-state index is 12.5. The lowest BCUT2D eigenvalue weighted by atomic mass is 10.0. The van der Waals surface area contributed by atoms with Gasteiger partial charge in [-0.15, -0.1) is 0 Å². The Labute approximate surface area is 149 Å². The Bertz CT molecular complexity index is 845. The van der Waals surface area contributed by atoms with Crippen molar-refractivity contribution in [3.05, 3.63) is 65.2 Å². The molecular formula is C19H24N2O3S. The molecule has 0 aliphatic heterocycles. The highest BCUT2D eigenvalue weighted by atomic mass is 32.2. The number of nitrogens with one attached hydrogen (secondary N) is 1. The first-order valence-corrected chi connectivity index (χ1v) is 10.0. The number of nitrogens with zero attached hydrogens (tertiary/aromatic N) is 1. The van der Waals surface area contributed by atoms with Crippen molar-refractivity contribution >= 4 is 21.6 Å². The summed E-state index contributed by atoms with van der Waals surface area (Å²) in [7, 11) is -1.91. The quantitative estimate of drug-likeness (QED) is 0.861. The van der Waals surface area contributed by atoms with Crippen LogP contribution in [0.25, 0.3) is 0 Å². The van der Waals surface area contributed by atoms with Gasteiger partial charge >= 0.3 is 0 Å². The van der Waals surface area contributed by atoms with Gasteiger partial charge in [0.25, 0.3) is 5.91 Å². The smallest absolute Gasteiger partial charge is 0.251 e. The monoisotopic (exact) mass is 360 g/mol. The van der Waals surface area contributed by atoms with E-state index in [0.29, 0.717) is 11.3 Å².